The third-order valence-corrected chi connectivity index (χ3v) is 4.24. The lowest BCUT2D eigenvalue weighted by atomic mass is 10.1. The van der Waals surface area contributed by atoms with Crippen LogP contribution in [0.1, 0.15) is 23.4 Å². The van der Waals surface area contributed by atoms with Crippen molar-refractivity contribution in [1.82, 2.24) is 0 Å². The molecule has 0 amide bonds. The zero-order valence-electron chi connectivity index (χ0n) is 7.15. The van der Waals surface area contributed by atoms with Gasteiger partial charge in [0.1, 0.15) is 0 Å². The highest BCUT2D eigenvalue weighted by Gasteiger charge is 2.30. The zero-order chi connectivity index (χ0) is 9.59. The minimum atomic E-state index is 0.100. The van der Waals surface area contributed by atoms with Crippen molar-refractivity contribution in [1.29, 1.82) is 0 Å². The zero-order valence-corrected chi connectivity index (χ0v) is 10.2. The van der Waals surface area contributed by atoms with Gasteiger partial charge in [-0.2, -0.15) is 0 Å². The van der Waals surface area contributed by atoms with Crippen LogP contribution in [0.2, 0.25) is 5.02 Å². The Hall–Kier alpha value is 0.280. The van der Waals surface area contributed by atoms with Gasteiger partial charge in [-0.25, -0.2) is 0 Å². The molecule has 0 saturated carbocycles. The van der Waals surface area contributed by atoms with E-state index in [9.17, 15) is 0 Å². The van der Waals surface area contributed by atoms with Gasteiger partial charge in [0.05, 0.1) is 5.38 Å². The van der Waals surface area contributed by atoms with Gasteiger partial charge in [-0.15, -0.1) is 11.6 Å². The van der Waals surface area contributed by atoms with E-state index in [1.54, 1.807) is 0 Å². The van der Waals surface area contributed by atoms with Crippen LogP contribution in [0.5, 0.6) is 0 Å². The molecule has 2 unspecified atom stereocenters. The lowest BCUT2D eigenvalue weighted by Gasteiger charge is -2.08. The first-order chi connectivity index (χ1) is 6.11. The van der Waals surface area contributed by atoms with E-state index in [4.69, 9.17) is 23.2 Å². The summed E-state index contributed by atoms with van der Waals surface area (Å²) in [5.74, 6) is 0.480. The van der Waals surface area contributed by atoms with E-state index in [-0.39, 0.29) is 5.38 Å². The molecule has 0 heterocycles. The second-order valence-corrected chi connectivity index (χ2v) is 5.24. The van der Waals surface area contributed by atoms with E-state index in [1.165, 1.54) is 11.1 Å². The summed E-state index contributed by atoms with van der Waals surface area (Å²) in [4.78, 5) is 0. The quantitative estimate of drug-likeness (QED) is 0.610. The van der Waals surface area contributed by atoms with Crippen molar-refractivity contribution in [2.24, 2.45) is 5.92 Å². The van der Waals surface area contributed by atoms with Crippen LogP contribution in [0.15, 0.2) is 16.6 Å². The Kier molecular flexibility index (Phi) is 2.61. The van der Waals surface area contributed by atoms with Crippen molar-refractivity contribution < 1.29 is 0 Å². The first-order valence-electron chi connectivity index (χ1n) is 4.22. The second kappa shape index (κ2) is 3.45. The van der Waals surface area contributed by atoms with Crippen molar-refractivity contribution in [2.75, 3.05) is 0 Å². The van der Waals surface area contributed by atoms with Gasteiger partial charge >= 0.3 is 0 Å². The fourth-order valence-electron chi connectivity index (χ4n) is 1.83. The maximum absolute atomic E-state index is 6.28. The van der Waals surface area contributed by atoms with E-state index in [0.29, 0.717) is 5.92 Å². The summed E-state index contributed by atoms with van der Waals surface area (Å²) in [6.45, 7) is 2.15. The van der Waals surface area contributed by atoms with Crippen LogP contribution in [-0.2, 0) is 6.42 Å². The maximum atomic E-state index is 6.28. The van der Waals surface area contributed by atoms with E-state index in [0.717, 1.165) is 15.9 Å². The number of fused-ring (bicyclic) bond motifs is 1. The van der Waals surface area contributed by atoms with Gasteiger partial charge < -0.3 is 0 Å². The summed E-state index contributed by atoms with van der Waals surface area (Å²) in [7, 11) is 0. The van der Waals surface area contributed by atoms with E-state index in [1.807, 2.05) is 12.1 Å². The van der Waals surface area contributed by atoms with Crippen LogP contribution in [0.3, 0.4) is 0 Å². The van der Waals surface area contributed by atoms with Crippen LogP contribution in [0.4, 0.5) is 0 Å². The minimum absolute atomic E-state index is 0.100. The van der Waals surface area contributed by atoms with Crippen LogP contribution in [-0.4, -0.2) is 0 Å². The van der Waals surface area contributed by atoms with E-state index < -0.39 is 0 Å². The fraction of sp³-hybridized carbons (Fsp3) is 0.400. The summed E-state index contributed by atoms with van der Waals surface area (Å²) < 4.78 is 1.08. The third kappa shape index (κ3) is 1.51. The Labute approximate surface area is 96.4 Å². The second-order valence-electron chi connectivity index (χ2n) is 3.50. The summed E-state index contributed by atoms with van der Waals surface area (Å²) in [6, 6.07) is 3.89. The highest BCUT2D eigenvalue weighted by atomic mass is 79.9. The minimum Gasteiger partial charge on any atom is -0.117 e. The van der Waals surface area contributed by atoms with Crippen molar-refractivity contribution >= 4 is 39.1 Å². The molecule has 0 saturated heterocycles. The summed E-state index contributed by atoms with van der Waals surface area (Å²) in [6.07, 6.45) is 0.988. The molecule has 13 heavy (non-hydrogen) atoms. The average Bonchev–Trinajstić information content (AvgIpc) is 2.38. The van der Waals surface area contributed by atoms with Crippen molar-refractivity contribution in [3.63, 3.8) is 0 Å². The molecule has 0 N–H and O–H groups in total. The number of halogens is 3. The van der Waals surface area contributed by atoms with Gasteiger partial charge in [-0.05, 0) is 35.6 Å². The molecule has 2 rings (SSSR count). The molecule has 2 atom stereocenters. The van der Waals surface area contributed by atoms with Crippen molar-refractivity contribution in [3.05, 3.63) is 32.8 Å². The molecule has 1 aliphatic carbocycles. The molecule has 70 valence electrons. The molecule has 0 fully saturated rings. The van der Waals surface area contributed by atoms with Crippen LogP contribution in [0, 0.1) is 5.92 Å². The molecular formula is C10H9BrCl2. The lowest BCUT2D eigenvalue weighted by Crippen LogP contribution is -1.95. The van der Waals surface area contributed by atoms with Crippen LogP contribution < -0.4 is 0 Å². The van der Waals surface area contributed by atoms with E-state index >= 15 is 0 Å². The molecule has 0 aliphatic heterocycles. The highest BCUT2D eigenvalue weighted by Crippen LogP contribution is 2.46. The summed E-state index contributed by atoms with van der Waals surface area (Å²) in [5.41, 5.74) is 2.39. The smallest absolute Gasteiger partial charge is 0.0628 e. The van der Waals surface area contributed by atoms with Gasteiger partial charge in [0.2, 0.25) is 0 Å². The predicted molar refractivity (Wildman–Crippen MR) is 60.6 cm³/mol. The molecule has 0 nitrogen and oxygen atoms in total. The first-order valence-corrected chi connectivity index (χ1v) is 5.83. The third-order valence-electron chi connectivity index (χ3n) is 2.55. The molecular weight excluding hydrogens is 271 g/mol. The Morgan fingerprint density at radius 3 is 2.77 bits per heavy atom. The number of hydrogen-bond acceptors (Lipinski definition) is 0. The molecule has 1 aromatic rings. The number of hydrogen-bond donors (Lipinski definition) is 0. The monoisotopic (exact) mass is 278 g/mol. The van der Waals surface area contributed by atoms with Crippen molar-refractivity contribution in [3.8, 4) is 0 Å². The van der Waals surface area contributed by atoms with Gasteiger partial charge in [0.15, 0.2) is 0 Å². The van der Waals surface area contributed by atoms with Gasteiger partial charge in [-0.1, -0.05) is 34.5 Å². The lowest BCUT2D eigenvalue weighted by molar-refractivity contribution is 0.608. The van der Waals surface area contributed by atoms with Crippen LogP contribution in [0.25, 0.3) is 0 Å². The van der Waals surface area contributed by atoms with Gasteiger partial charge in [-0.3, -0.25) is 0 Å². The molecule has 0 bridgehead atoms. The molecule has 1 aliphatic rings. The molecule has 0 aromatic heterocycles. The average molecular weight is 280 g/mol. The Morgan fingerprint density at radius 2 is 2.15 bits per heavy atom. The molecule has 0 spiro atoms. The molecule has 3 heteroatoms. The van der Waals surface area contributed by atoms with Gasteiger partial charge in [0, 0.05) is 9.50 Å². The number of alkyl halides is 1. The summed E-state index contributed by atoms with van der Waals surface area (Å²) >= 11 is 15.9. The Bertz CT molecular complexity index is 349. The largest absolute Gasteiger partial charge is 0.117 e. The number of benzene rings is 1. The maximum Gasteiger partial charge on any atom is 0.0628 e. The molecule has 1 aromatic carbocycles. The van der Waals surface area contributed by atoms with E-state index in [2.05, 4.69) is 22.9 Å². The van der Waals surface area contributed by atoms with Gasteiger partial charge in [0.25, 0.3) is 0 Å². The molecule has 0 radical (unpaired) electrons. The fourth-order valence-corrected chi connectivity index (χ4v) is 3.16. The van der Waals surface area contributed by atoms with Crippen LogP contribution >= 0.6 is 39.1 Å². The topological polar surface area (TPSA) is 0 Å². The first kappa shape index (κ1) is 9.82. The number of rotatable bonds is 0. The normalized spacial score (nSPS) is 26.2. The Morgan fingerprint density at radius 1 is 1.46 bits per heavy atom. The highest BCUT2D eigenvalue weighted by molar-refractivity contribution is 9.10. The standard InChI is InChI=1S/C10H9BrCl2/c1-5-4-6-8(12)3-2-7(11)9(6)10(5)13/h2-3,5,10H,4H2,1H3. The van der Waals surface area contributed by atoms with Crippen molar-refractivity contribution in [2.45, 2.75) is 18.7 Å². The predicted octanol–water partition coefficient (Wildman–Crippen LogP) is 4.57. The SMILES string of the molecule is CC1Cc2c(Cl)ccc(Br)c2C1Cl. The summed E-state index contributed by atoms with van der Waals surface area (Å²) in [5, 5.41) is 0.941. The Balaban J connectivity index is 2.61.